The summed E-state index contributed by atoms with van der Waals surface area (Å²) in [4.78, 5) is 2.30. The van der Waals surface area contributed by atoms with E-state index >= 15 is 0 Å². The van der Waals surface area contributed by atoms with Gasteiger partial charge in [0.15, 0.2) is 0 Å². The molecule has 0 spiro atoms. The highest BCUT2D eigenvalue weighted by atomic mass is 19.4. The van der Waals surface area contributed by atoms with Crippen LogP contribution in [0, 0.1) is 5.41 Å². The standard InChI is InChI=1S/C16H23F3N2/c1-15(2)7-9-21(10-8-15)11-14(20)12-3-5-13(6-4-12)16(17,18)19/h3-6,14H,7-11,20H2,1-2H3. The molecular weight excluding hydrogens is 277 g/mol. The summed E-state index contributed by atoms with van der Waals surface area (Å²) in [7, 11) is 0. The van der Waals surface area contributed by atoms with Crippen molar-refractivity contribution in [2.45, 2.75) is 38.9 Å². The van der Waals surface area contributed by atoms with E-state index in [2.05, 4.69) is 18.7 Å². The van der Waals surface area contributed by atoms with Crippen LogP contribution in [-0.4, -0.2) is 24.5 Å². The highest BCUT2D eigenvalue weighted by Crippen LogP contribution is 2.31. The van der Waals surface area contributed by atoms with Crippen molar-refractivity contribution in [1.29, 1.82) is 0 Å². The molecule has 0 amide bonds. The van der Waals surface area contributed by atoms with Crippen LogP contribution < -0.4 is 5.73 Å². The Morgan fingerprint density at radius 3 is 2.14 bits per heavy atom. The quantitative estimate of drug-likeness (QED) is 0.919. The average molecular weight is 300 g/mol. The number of alkyl halides is 3. The summed E-state index contributed by atoms with van der Waals surface area (Å²) in [6, 6.07) is 4.94. The average Bonchev–Trinajstić information content (AvgIpc) is 2.40. The summed E-state index contributed by atoms with van der Waals surface area (Å²) >= 11 is 0. The van der Waals surface area contributed by atoms with Gasteiger partial charge in [0.2, 0.25) is 0 Å². The highest BCUT2D eigenvalue weighted by Gasteiger charge is 2.30. The van der Waals surface area contributed by atoms with Crippen molar-refractivity contribution in [3.63, 3.8) is 0 Å². The second-order valence-corrected chi connectivity index (χ2v) is 6.69. The van der Waals surface area contributed by atoms with Crippen LogP contribution in [0.4, 0.5) is 13.2 Å². The van der Waals surface area contributed by atoms with E-state index in [1.54, 1.807) is 0 Å². The molecule has 1 aliphatic rings. The third-order valence-electron chi connectivity index (χ3n) is 4.33. The summed E-state index contributed by atoms with van der Waals surface area (Å²) in [5, 5.41) is 0. The number of likely N-dealkylation sites (tertiary alicyclic amines) is 1. The van der Waals surface area contributed by atoms with Crippen LogP contribution in [0.1, 0.15) is 43.9 Å². The van der Waals surface area contributed by atoms with Gasteiger partial charge >= 0.3 is 6.18 Å². The summed E-state index contributed by atoms with van der Waals surface area (Å²) in [6.07, 6.45) is -2.03. The topological polar surface area (TPSA) is 29.3 Å². The first kappa shape index (κ1) is 16.3. The van der Waals surface area contributed by atoms with Crippen LogP contribution >= 0.6 is 0 Å². The van der Waals surface area contributed by atoms with E-state index in [1.807, 2.05) is 0 Å². The minimum Gasteiger partial charge on any atom is -0.323 e. The van der Waals surface area contributed by atoms with Crippen LogP contribution in [0.15, 0.2) is 24.3 Å². The molecule has 0 saturated carbocycles. The fourth-order valence-corrected chi connectivity index (χ4v) is 2.64. The molecule has 2 rings (SSSR count). The zero-order valence-electron chi connectivity index (χ0n) is 12.6. The SMILES string of the molecule is CC1(C)CCN(CC(N)c2ccc(C(F)(F)F)cc2)CC1. The van der Waals surface area contributed by atoms with E-state index in [9.17, 15) is 13.2 Å². The van der Waals surface area contributed by atoms with Gasteiger partial charge in [-0.25, -0.2) is 0 Å². The Labute approximate surface area is 124 Å². The molecule has 0 aliphatic carbocycles. The molecule has 118 valence electrons. The maximum absolute atomic E-state index is 12.5. The lowest BCUT2D eigenvalue weighted by Gasteiger charge is -2.38. The molecule has 5 heteroatoms. The number of nitrogens with zero attached hydrogens (tertiary/aromatic N) is 1. The van der Waals surface area contributed by atoms with E-state index in [-0.39, 0.29) is 6.04 Å². The highest BCUT2D eigenvalue weighted by molar-refractivity contribution is 5.26. The van der Waals surface area contributed by atoms with Crippen LogP contribution in [-0.2, 0) is 6.18 Å². The van der Waals surface area contributed by atoms with Gasteiger partial charge in [0.25, 0.3) is 0 Å². The van der Waals surface area contributed by atoms with Crippen LogP contribution in [0.5, 0.6) is 0 Å². The number of hydrogen-bond donors (Lipinski definition) is 1. The molecule has 0 aromatic heterocycles. The van der Waals surface area contributed by atoms with Crippen molar-refractivity contribution in [3.05, 3.63) is 35.4 Å². The molecule has 21 heavy (non-hydrogen) atoms. The van der Waals surface area contributed by atoms with Gasteiger partial charge in [-0.3, -0.25) is 0 Å². The Bertz CT molecular complexity index is 455. The second-order valence-electron chi connectivity index (χ2n) is 6.69. The van der Waals surface area contributed by atoms with Crippen molar-refractivity contribution >= 4 is 0 Å². The minimum absolute atomic E-state index is 0.242. The Morgan fingerprint density at radius 2 is 1.67 bits per heavy atom. The Morgan fingerprint density at radius 1 is 1.14 bits per heavy atom. The van der Waals surface area contributed by atoms with Crippen molar-refractivity contribution in [1.82, 2.24) is 4.90 Å². The first-order valence-corrected chi connectivity index (χ1v) is 7.32. The zero-order valence-corrected chi connectivity index (χ0v) is 12.6. The lowest BCUT2D eigenvalue weighted by molar-refractivity contribution is -0.137. The number of benzene rings is 1. The van der Waals surface area contributed by atoms with E-state index in [4.69, 9.17) is 5.73 Å². The molecule has 2 N–H and O–H groups in total. The summed E-state index contributed by atoms with van der Waals surface area (Å²) < 4.78 is 37.6. The summed E-state index contributed by atoms with van der Waals surface area (Å²) in [6.45, 7) is 7.23. The number of hydrogen-bond acceptors (Lipinski definition) is 2. The molecule has 1 aliphatic heterocycles. The zero-order chi connectivity index (χ0) is 15.7. The number of halogens is 3. The smallest absolute Gasteiger partial charge is 0.323 e. The van der Waals surface area contributed by atoms with Crippen LogP contribution in [0.25, 0.3) is 0 Å². The van der Waals surface area contributed by atoms with E-state index in [0.29, 0.717) is 12.0 Å². The Balaban J connectivity index is 1.93. The molecule has 1 heterocycles. The van der Waals surface area contributed by atoms with Gasteiger partial charge in [0, 0.05) is 12.6 Å². The van der Waals surface area contributed by atoms with Crippen LogP contribution in [0.2, 0.25) is 0 Å². The summed E-state index contributed by atoms with van der Waals surface area (Å²) in [5.41, 5.74) is 6.64. The fraction of sp³-hybridized carbons (Fsp3) is 0.625. The van der Waals surface area contributed by atoms with Gasteiger partial charge in [-0.05, 0) is 49.0 Å². The van der Waals surface area contributed by atoms with Gasteiger partial charge in [0.05, 0.1) is 5.56 Å². The van der Waals surface area contributed by atoms with E-state index in [1.165, 1.54) is 12.1 Å². The van der Waals surface area contributed by atoms with E-state index in [0.717, 1.165) is 43.6 Å². The largest absolute Gasteiger partial charge is 0.416 e. The van der Waals surface area contributed by atoms with Gasteiger partial charge in [-0.1, -0.05) is 26.0 Å². The summed E-state index contributed by atoms with van der Waals surface area (Å²) in [5.74, 6) is 0. The number of nitrogens with two attached hydrogens (primary N) is 1. The first-order chi connectivity index (χ1) is 9.67. The number of piperidine rings is 1. The monoisotopic (exact) mass is 300 g/mol. The van der Waals surface area contributed by atoms with Gasteiger partial charge in [-0.15, -0.1) is 0 Å². The number of rotatable bonds is 3. The van der Waals surface area contributed by atoms with Crippen molar-refractivity contribution in [2.75, 3.05) is 19.6 Å². The predicted octanol–water partition coefficient (Wildman–Crippen LogP) is 3.83. The second kappa shape index (κ2) is 5.97. The molecular formula is C16H23F3N2. The molecule has 1 aromatic carbocycles. The Kier molecular flexibility index (Phi) is 4.63. The van der Waals surface area contributed by atoms with E-state index < -0.39 is 11.7 Å². The van der Waals surface area contributed by atoms with Gasteiger partial charge < -0.3 is 10.6 Å². The first-order valence-electron chi connectivity index (χ1n) is 7.32. The molecule has 0 bridgehead atoms. The van der Waals surface area contributed by atoms with Crippen molar-refractivity contribution in [2.24, 2.45) is 11.1 Å². The van der Waals surface area contributed by atoms with Gasteiger partial charge in [0.1, 0.15) is 0 Å². The third-order valence-corrected chi connectivity index (χ3v) is 4.33. The fourth-order valence-electron chi connectivity index (χ4n) is 2.64. The van der Waals surface area contributed by atoms with Gasteiger partial charge in [-0.2, -0.15) is 13.2 Å². The molecule has 1 atom stereocenters. The molecule has 0 radical (unpaired) electrons. The normalized spacial score (nSPS) is 21.2. The predicted molar refractivity (Wildman–Crippen MR) is 77.8 cm³/mol. The molecule has 2 nitrogen and oxygen atoms in total. The molecule has 1 unspecified atom stereocenters. The lowest BCUT2D eigenvalue weighted by atomic mass is 9.82. The minimum atomic E-state index is -4.29. The molecule has 1 fully saturated rings. The lowest BCUT2D eigenvalue weighted by Crippen LogP contribution is -2.40. The van der Waals surface area contributed by atoms with Crippen molar-refractivity contribution < 1.29 is 13.2 Å². The Hall–Kier alpha value is -1.07. The molecule has 1 aromatic rings. The third kappa shape index (κ3) is 4.45. The van der Waals surface area contributed by atoms with Crippen molar-refractivity contribution in [3.8, 4) is 0 Å². The molecule has 1 saturated heterocycles. The maximum atomic E-state index is 12.5. The maximum Gasteiger partial charge on any atom is 0.416 e. The van der Waals surface area contributed by atoms with Crippen LogP contribution in [0.3, 0.4) is 0 Å².